The lowest BCUT2D eigenvalue weighted by atomic mass is 9.93. The first-order valence-electron chi connectivity index (χ1n) is 40.6. The number of likely N-dealkylation sites (tertiary alicyclic amines) is 6. The molecule has 0 spiro atoms. The number of amides is 8. The van der Waals surface area contributed by atoms with E-state index in [1.807, 2.05) is 55.5 Å². The third kappa shape index (κ3) is 22.6. The Balaban J connectivity index is 0.000000225. The van der Waals surface area contributed by atoms with E-state index in [0.29, 0.717) is 130 Å². The van der Waals surface area contributed by atoms with Crippen molar-refractivity contribution in [2.75, 3.05) is 127 Å². The molecule has 8 heterocycles. The van der Waals surface area contributed by atoms with Gasteiger partial charge in [0.25, 0.3) is 11.8 Å². The first kappa shape index (κ1) is 86.4. The summed E-state index contributed by atoms with van der Waals surface area (Å²) in [6, 6.07) is 19.2. The summed E-state index contributed by atoms with van der Waals surface area (Å²) in [5, 5.41) is 5.34. The standard InChI is InChI=1S/C42H56ClF3N6O6.C40H52ClF3N6O6/c1-2-3-4-7-23-57-39(54)30-10-8-17-51(27-30)31-13-18-49(19-14-31)38(53)36(26-28-24-33(42(44,45)46)37(47)34(43)25-28)58-41(56)50-20-15-32(16-21-50)52-22-12-29-9-5-6-11-35(29)48-40(52)55;1-2-3-21-55-37(52)28-8-6-15-49(25-28)29-11-16-47(17-12-29)36(51)34(24-26-22-31(40(42,43)44)35(45)32(41)23-26)56-39(54)48-18-13-30(14-19-48)50-20-10-27-7-4-5-9-33(27)46-38(50)53/h5-6,9,11,24-25,30-32,36H,2-4,7-8,10,12-23,26-27,47H2,1H3,(H,48,55);4-5,7,9,22-23,28-30,34H,2-3,6,8,10-21,24-25,45H2,1H3,(H,46,53)/t30-,36+;28-,34+/m00/s1. The largest absolute Gasteiger partial charge is 0.465 e. The number of fused-ring (bicyclic) bond motifs is 2. The van der Waals surface area contributed by atoms with Gasteiger partial charge in [0.05, 0.1) is 57.6 Å². The second-order valence-electron chi connectivity index (χ2n) is 31.3. The molecule has 4 aromatic carbocycles. The Hall–Kier alpha value is -8.48. The average molecular weight is 1640 g/mol. The van der Waals surface area contributed by atoms with Crippen LogP contribution in [0.15, 0.2) is 72.8 Å². The molecule has 6 fully saturated rings. The van der Waals surface area contributed by atoms with Gasteiger partial charge in [-0.3, -0.25) is 29.0 Å². The number of halogens is 8. The van der Waals surface area contributed by atoms with Crippen LogP contribution in [0.4, 0.5) is 68.3 Å². The highest BCUT2D eigenvalue weighted by Gasteiger charge is 2.43. The summed E-state index contributed by atoms with van der Waals surface area (Å²) in [5.41, 5.74) is 11.6. The van der Waals surface area contributed by atoms with Crippen molar-refractivity contribution >= 4 is 94.0 Å². The normalized spacial score (nSPS) is 20.7. The number of hydrogen-bond donors (Lipinski definition) is 4. The van der Waals surface area contributed by atoms with Crippen molar-refractivity contribution in [3.05, 3.63) is 116 Å². The average Bonchev–Trinajstić information content (AvgIpc) is 0.973. The Labute approximate surface area is 672 Å². The number of urea groups is 2. The molecule has 32 heteroatoms. The van der Waals surface area contributed by atoms with Crippen molar-refractivity contribution in [3.63, 3.8) is 0 Å². The number of alkyl halides is 6. The van der Waals surface area contributed by atoms with Crippen LogP contribution in [0, 0.1) is 11.8 Å². The van der Waals surface area contributed by atoms with Gasteiger partial charge in [0, 0.05) is 127 Å². The van der Waals surface area contributed by atoms with Gasteiger partial charge < -0.3 is 70.4 Å². The first-order valence-corrected chi connectivity index (χ1v) is 41.3. The number of esters is 2. The third-order valence-electron chi connectivity index (χ3n) is 23.6. The van der Waals surface area contributed by atoms with Crippen molar-refractivity contribution < 1.29 is 83.6 Å². The molecule has 0 saturated carbocycles. The summed E-state index contributed by atoms with van der Waals surface area (Å²) in [7, 11) is 0. The minimum absolute atomic E-state index is 0.0506. The second kappa shape index (κ2) is 39.9. The number of nitrogens with two attached hydrogens (primary N) is 2. The number of nitrogens with one attached hydrogen (secondary N) is 2. The van der Waals surface area contributed by atoms with Crippen molar-refractivity contribution in [2.24, 2.45) is 11.8 Å². The second-order valence-corrected chi connectivity index (χ2v) is 32.1. The van der Waals surface area contributed by atoms with Crippen LogP contribution in [-0.4, -0.2) is 228 Å². The van der Waals surface area contributed by atoms with E-state index < -0.39 is 71.1 Å². The van der Waals surface area contributed by atoms with Crippen LogP contribution in [-0.2, 0) is 76.2 Å². The summed E-state index contributed by atoms with van der Waals surface area (Å²) < 4.78 is 106. The SMILES string of the molecule is CCCCCCOC(=O)[C@H]1CCCN(C2CCN(C(=O)[C@@H](Cc3cc(Cl)c(N)c(C(F)(F)F)c3)OC(=O)N3CCC(N4CCc5ccccc5NC4=O)CC3)CC2)C1.CCCCOC(=O)[C@H]1CCCN(C2CCN(C(=O)[C@@H](Cc3cc(Cl)c(N)c(C(F)(F)F)c3)OC(=O)N3CCC(N4CCc5ccccc5NC4=O)CC3)CC2)C1. The Morgan fingerprint density at radius 1 is 0.474 bits per heavy atom. The molecule has 8 amide bonds. The number of para-hydroxylation sites is 2. The summed E-state index contributed by atoms with van der Waals surface area (Å²) >= 11 is 12.3. The number of anilines is 4. The maximum absolute atomic E-state index is 14.2. The van der Waals surface area contributed by atoms with Crippen LogP contribution < -0.4 is 22.1 Å². The summed E-state index contributed by atoms with van der Waals surface area (Å²) in [6.45, 7) is 11.4. The van der Waals surface area contributed by atoms with E-state index in [-0.39, 0.29) is 120 Å². The topological polar surface area (TPSA) is 276 Å². The zero-order valence-corrected chi connectivity index (χ0v) is 66.6. The lowest BCUT2D eigenvalue weighted by Gasteiger charge is -2.42. The third-order valence-corrected chi connectivity index (χ3v) is 24.2. The zero-order valence-electron chi connectivity index (χ0n) is 65.1. The fourth-order valence-electron chi connectivity index (χ4n) is 17.1. The van der Waals surface area contributed by atoms with Gasteiger partial charge in [0.1, 0.15) is 0 Å². The molecule has 6 saturated heterocycles. The number of nitrogen functional groups attached to an aromatic ring is 2. The number of nitrogens with zero attached hydrogens (tertiary/aromatic N) is 8. The molecule has 4 aromatic rings. The molecule has 114 heavy (non-hydrogen) atoms. The van der Waals surface area contributed by atoms with Crippen molar-refractivity contribution in [2.45, 2.75) is 204 Å². The molecule has 8 aliphatic rings. The van der Waals surface area contributed by atoms with Gasteiger partial charge in [-0.05, 0) is 174 Å². The zero-order chi connectivity index (χ0) is 81.4. The minimum atomic E-state index is -4.79. The van der Waals surface area contributed by atoms with Gasteiger partial charge in [-0.1, -0.05) is 99.1 Å². The van der Waals surface area contributed by atoms with Crippen LogP contribution in [0.25, 0.3) is 0 Å². The van der Waals surface area contributed by atoms with Crippen LogP contribution in [0.3, 0.4) is 0 Å². The molecule has 4 atom stereocenters. The van der Waals surface area contributed by atoms with Crippen molar-refractivity contribution in [1.29, 1.82) is 0 Å². The van der Waals surface area contributed by atoms with E-state index in [0.717, 1.165) is 112 Å². The van der Waals surface area contributed by atoms with Gasteiger partial charge in [-0.25, -0.2) is 19.2 Å². The van der Waals surface area contributed by atoms with E-state index in [9.17, 15) is 64.7 Å². The Morgan fingerprint density at radius 3 is 1.23 bits per heavy atom. The van der Waals surface area contributed by atoms with Crippen LogP contribution in [0.1, 0.15) is 163 Å². The minimum Gasteiger partial charge on any atom is -0.465 e. The van der Waals surface area contributed by atoms with E-state index in [2.05, 4.69) is 27.4 Å². The Bertz CT molecular complexity index is 4000. The lowest BCUT2D eigenvalue weighted by Crippen LogP contribution is -2.53. The smallest absolute Gasteiger partial charge is 0.418 e. The van der Waals surface area contributed by atoms with Crippen LogP contribution in [0.5, 0.6) is 0 Å². The number of benzene rings is 4. The Kier molecular flexibility index (Phi) is 30.2. The fraction of sp³-hybridized carbons (Fsp3) is 0.610. The van der Waals surface area contributed by atoms with E-state index in [1.165, 1.54) is 21.9 Å². The van der Waals surface area contributed by atoms with Crippen LogP contribution in [0.2, 0.25) is 10.0 Å². The molecular formula is C82H108Cl2F6N12O12. The summed E-state index contributed by atoms with van der Waals surface area (Å²) in [6.07, 6.45) is 0.377. The number of unbranched alkanes of at least 4 members (excludes halogenated alkanes) is 4. The van der Waals surface area contributed by atoms with Gasteiger partial charge in [-0.2, -0.15) is 26.3 Å². The molecule has 8 aliphatic heterocycles. The Morgan fingerprint density at radius 2 is 0.842 bits per heavy atom. The molecule has 624 valence electrons. The van der Waals surface area contributed by atoms with Crippen molar-refractivity contribution in [3.8, 4) is 0 Å². The monoisotopic (exact) mass is 1640 g/mol. The van der Waals surface area contributed by atoms with E-state index >= 15 is 0 Å². The number of carbonyl (C=O) groups excluding carboxylic acids is 8. The molecular weight excluding hydrogens is 1530 g/mol. The summed E-state index contributed by atoms with van der Waals surface area (Å²) in [5.74, 6) is -1.73. The molecule has 0 bridgehead atoms. The number of carbonyl (C=O) groups is 8. The first-order chi connectivity index (χ1) is 54.6. The fourth-order valence-corrected chi connectivity index (χ4v) is 17.5. The number of ether oxygens (including phenoxy) is 4. The van der Waals surface area contributed by atoms with Crippen LogP contribution >= 0.6 is 23.2 Å². The highest BCUT2D eigenvalue weighted by molar-refractivity contribution is 6.33. The molecule has 12 rings (SSSR count). The molecule has 24 nitrogen and oxygen atoms in total. The van der Waals surface area contributed by atoms with Gasteiger partial charge in [-0.15, -0.1) is 0 Å². The maximum atomic E-state index is 14.2. The van der Waals surface area contributed by atoms with Gasteiger partial charge >= 0.3 is 48.5 Å². The lowest BCUT2D eigenvalue weighted by molar-refractivity contribution is -0.152. The van der Waals surface area contributed by atoms with Gasteiger partial charge in [0.15, 0.2) is 12.2 Å². The van der Waals surface area contributed by atoms with Crippen molar-refractivity contribution in [1.82, 2.24) is 39.2 Å². The number of piperidine rings is 6. The predicted molar refractivity (Wildman–Crippen MR) is 419 cm³/mol. The quantitative estimate of drug-likeness (QED) is 0.0187. The van der Waals surface area contributed by atoms with E-state index in [4.69, 9.17) is 53.6 Å². The molecule has 0 aliphatic carbocycles. The number of rotatable bonds is 22. The van der Waals surface area contributed by atoms with Gasteiger partial charge in [0.2, 0.25) is 0 Å². The number of hydrogen-bond acceptors (Lipinski definition) is 16. The summed E-state index contributed by atoms with van der Waals surface area (Å²) in [4.78, 5) is 122. The molecule has 0 aromatic heterocycles. The predicted octanol–water partition coefficient (Wildman–Crippen LogP) is 14.0. The molecule has 0 unspecified atom stereocenters. The highest BCUT2D eigenvalue weighted by Crippen LogP contribution is 2.41. The molecule has 6 N–H and O–H groups in total. The molecule has 0 radical (unpaired) electrons. The maximum Gasteiger partial charge on any atom is 0.418 e. The van der Waals surface area contributed by atoms with E-state index in [1.54, 1.807) is 19.6 Å². The highest BCUT2D eigenvalue weighted by atomic mass is 35.5.